The molecule has 0 aliphatic rings. The van der Waals surface area contributed by atoms with E-state index in [1.807, 2.05) is 0 Å². The molecular weight excluding hydrogens is 174 g/mol. The molecule has 1 atom stereocenters. The van der Waals surface area contributed by atoms with Crippen molar-refractivity contribution in [3.63, 3.8) is 0 Å². The highest BCUT2D eigenvalue weighted by Crippen LogP contribution is 2.13. The summed E-state index contributed by atoms with van der Waals surface area (Å²) >= 11 is 0. The zero-order valence-electron chi connectivity index (χ0n) is 6.82. The largest absolute Gasteiger partial charge is 0.497 e. The molecule has 0 amide bonds. The van der Waals surface area contributed by atoms with Gasteiger partial charge in [-0.15, -0.1) is 0 Å². The van der Waals surface area contributed by atoms with Gasteiger partial charge in [-0.1, -0.05) is 0 Å². The molecular formula is C8H11NO2S. The van der Waals surface area contributed by atoms with E-state index in [1.54, 1.807) is 31.4 Å². The Morgan fingerprint density at radius 3 is 2.25 bits per heavy atom. The highest BCUT2D eigenvalue weighted by molar-refractivity contribution is 7.98. The molecule has 0 saturated carbocycles. The summed E-state index contributed by atoms with van der Waals surface area (Å²) in [5.41, 5.74) is 0. The van der Waals surface area contributed by atoms with Crippen LogP contribution in [-0.4, -0.2) is 17.2 Å². The number of rotatable bonds is 2. The number of benzene rings is 1. The molecule has 4 heteroatoms. The summed E-state index contributed by atoms with van der Waals surface area (Å²) in [5.74, 6) is 4.07. The summed E-state index contributed by atoms with van der Waals surface area (Å²) in [5, 5.41) is 5.32. The topological polar surface area (TPSA) is 52.3 Å². The van der Waals surface area contributed by atoms with Crippen LogP contribution < -0.4 is 9.88 Å². The van der Waals surface area contributed by atoms with Gasteiger partial charge in [0.25, 0.3) is 0 Å². The normalized spacial score (nSPS) is 15.2. The van der Waals surface area contributed by atoms with Gasteiger partial charge in [0.05, 0.1) is 16.8 Å². The monoisotopic (exact) mass is 185 g/mol. The van der Waals surface area contributed by atoms with Gasteiger partial charge in [-0.05, 0) is 30.1 Å². The summed E-state index contributed by atoms with van der Waals surface area (Å²) in [6.07, 6.45) is 0. The SMILES string of the molecule is C=S(N)(=O)c1ccc(OC)cc1. The molecule has 12 heavy (non-hydrogen) atoms. The molecule has 66 valence electrons. The molecule has 0 fully saturated rings. The minimum atomic E-state index is -2.58. The van der Waals surface area contributed by atoms with Gasteiger partial charge in [0.2, 0.25) is 0 Å². The van der Waals surface area contributed by atoms with Crippen LogP contribution in [0.3, 0.4) is 0 Å². The molecule has 1 unspecified atom stereocenters. The second-order valence-electron chi connectivity index (χ2n) is 2.40. The van der Waals surface area contributed by atoms with E-state index < -0.39 is 9.71 Å². The summed E-state index contributed by atoms with van der Waals surface area (Å²) in [6, 6.07) is 6.70. The van der Waals surface area contributed by atoms with Gasteiger partial charge in [0.1, 0.15) is 5.75 Å². The van der Waals surface area contributed by atoms with E-state index in [4.69, 9.17) is 9.88 Å². The molecule has 0 saturated heterocycles. The van der Waals surface area contributed by atoms with Crippen molar-refractivity contribution < 1.29 is 8.95 Å². The maximum atomic E-state index is 11.2. The lowest BCUT2D eigenvalue weighted by Gasteiger charge is -2.03. The van der Waals surface area contributed by atoms with Crippen LogP contribution in [0.5, 0.6) is 5.75 Å². The second-order valence-corrected chi connectivity index (χ2v) is 4.33. The Morgan fingerprint density at radius 2 is 1.92 bits per heavy atom. The van der Waals surface area contributed by atoms with Crippen molar-refractivity contribution in [3.05, 3.63) is 24.3 Å². The van der Waals surface area contributed by atoms with Gasteiger partial charge >= 0.3 is 0 Å². The quantitative estimate of drug-likeness (QED) is 0.687. The Bertz CT molecular complexity index is 353. The van der Waals surface area contributed by atoms with Crippen LogP contribution in [0.2, 0.25) is 0 Å². The highest BCUT2D eigenvalue weighted by atomic mass is 32.2. The van der Waals surface area contributed by atoms with Crippen LogP contribution in [0.4, 0.5) is 0 Å². The third kappa shape index (κ3) is 1.99. The molecule has 0 spiro atoms. The summed E-state index contributed by atoms with van der Waals surface area (Å²) < 4.78 is 16.1. The zero-order valence-corrected chi connectivity index (χ0v) is 7.64. The maximum absolute atomic E-state index is 11.2. The summed E-state index contributed by atoms with van der Waals surface area (Å²) in [6.45, 7) is 0. The third-order valence-electron chi connectivity index (χ3n) is 1.46. The first-order valence-corrected chi connectivity index (χ1v) is 5.12. The standard InChI is InChI=1S/C8H11NO2S/c1-11-7-3-5-8(6-4-7)12(2,9)10/h3-6H,2H2,1H3,(H2,9,10). The Morgan fingerprint density at radius 1 is 1.42 bits per heavy atom. The smallest absolute Gasteiger partial charge is 0.118 e. The van der Waals surface area contributed by atoms with Crippen LogP contribution in [0.1, 0.15) is 0 Å². The fraction of sp³-hybridized carbons (Fsp3) is 0.125. The lowest BCUT2D eigenvalue weighted by atomic mass is 10.3. The Labute approximate surface area is 72.3 Å². The van der Waals surface area contributed by atoms with E-state index in [1.165, 1.54) is 0 Å². The van der Waals surface area contributed by atoms with E-state index in [0.29, 0.717) is 10.6 Å². The highest BCUT2D eigenvalue weighted by Gasteiger charge is 2.00. The molecule has 0 heterocycles. The van der Waals surface area contributed by atoms with Crippen molar-refractivity contribution in [2.75, 3.05) is 7.11 Å². The van der Waals surface area contributed by atoms with Gasteiger partial charge < -0.3 is 4.74 Å². The van der Waals surface area contributed by atoms with Gasteiger partial charge in [-0.3, -0.25) is 5.14 Å². The first-order chi connectivity index (χ1) is 5.54. The molecule has 3 nitrogen and oxygen atoms in total. The molecule has 1 aromatic carbocycles. The predicted octanol–water partition coefficient (Wildman–Crippen LogP) is 0.644. The first kappa shape index (κ1) is 9.09. The molecule has 0 bridgehead atoms. The van der Waals surface area contributed by atoms with Crippen LogP contribution in [0, 0.1) is 0 Å². The van der Waals surface area contributed by atoms with Crippen LogP contribution in [-0.2, 0) is 9.71 Å². The maximum Gasteiger partial charge on any atom is 0.118 e. The molecule has 2 N–H and O–H groups in total. The lowest BCUT2D eigenvalue weighted by molar-refractivity contribution is 0.414. The average Bonchev–Trinajstić information content (AvgIpc) is 2.03. The van der Waals surface area contributed by atoms with Crippen LogP contribution in [0.15, 0.2) is 29.2 Å². The average molecular weight is 185 g/mol. The summed E-state index contributed by atoms with van der Waals surface area (Å²) in [7, 11) is -1.01. The molecule has 0 radical (unpaired) electrons. The van der Waals surface area contributed by atoms with Gasteiger partial charge in [0, 0.05) is 4.90 Å². The van der Waals surface area contributed by atoms with Crippen molar-refractivity contribution in [3.8, 4) is 5.75 Å². The van der Waals surface area contributed by atoms with E-state index in [2.05, 4.69) is 5.87 Å². The minimum absolute atomic E-state index is 0.531. The van der Waals surface area contributed by atoms with E-state index in [9.17, 15) is 4.21 Å². The fourth-order valence-electron chi connectivity index (χ4n) is 0.806. The van der Waals surface area contributed by atoms with E-state index in [-0.39, 0.29) is 0 Å². The number of ether oxygens (including phenoxy) is 1. The zero-order chi connectivity index (χ0) is 9.19. The van der Waals surface area contributed by atoms with Crippen molar-refractivity contribution in [1.29, 1.82) is 0 Å². The van der Waals surface area contributed by atoms with Gasteiger partial charge in [-0.2, -0.15) is 0 Å². The van der Waals surface area contributed by atoms with Crippen molar-refractivity contribution in [2.45, 2.75) is 4.90 Å². The predicted molar refractivity (Wildman–Crippen MR) is 50.7 cm³/mol. The van der Waals surface area contributed by atoms with Crippen molar-refractivity contribution >= 4 is 15.6 Å². The molecule has 1 aromatic rings. The minimum Gasteiger partial charge on any atom is -0.497 e. The van der Waals surface area contributed by atoms with E-state index in [0.717, 1.165) is 0 Å². The fourth-order valence-corrected chi connectivity index (χ4v) is 1.40. The Kier molecular flexibility index (Phi) is 2.40. The van der Waals surface area contributed by atoms with Crippen LogP contribution in [0.25, 0.3) is 0 Å². The lowest BCUT2D eigenvalue weighted by Crippen LogP contribution is -2.11. The van der Waals surface area contributed by atoms with Gasteiger partial charge in [-0.25, -0.2) is 4.21 Å². The number of hydrogen-bond donors (Lipinski definition) is 1. The van der Waals surface area contributed by atoms with Gasteiger partial charge in [0.15, 0.2) is 0 Å². The molecule has 0 aliphatic carbocycles. The third-order valence-corrected chi connectivity index (χ3v) is 2.53. The number of nitrogens with two attached hydrogens (primary N) is 1. The Hall–Kier alpha value is -1.00. The molecule has 1 rings (SSSR count). The number of methoxy groups -OCH3 is 1. The first-order valence-electron chi connectivity index (χ1n) is 3.33. The van der Waals surface area contributed by atoms with E-state index >= 15 is 0 Å². The molecule has 0 aliphatic heterocycles. The second kappa shape index (κ2) is 3.16. The summed E-state index contributed by atoms with van der Waals surface area (Å²) in [4.78, 5) is 0.531. The Balaban J connectivity index is 3.09. The van der Waals surface area contributed by atoms with Crippen molar-refractivity contribution in [1.82, 2.24) is 0 Å². The van der Waals surface area contributed by atoms with Crippen molar-refractivity contribution in [2.24, 2.45) is 5.14 Å². The van der Waals surface area contributed by atoms with Crippen LogP contribution >= 0.6 is 0 Å². The number of hydrogen-bond acceptors (Lipinski definition) is 2. The molecule has 0 aromatic heterocycles.